The van der Waals surface area contributed by atoms with Crippen molar-refractivity contribution >= 4 is 51.4 Å². The monoisotopic (exact) mass is 1790 g/mol. The maximum atomic E-state index is 10.4. The summed E-state index contributed by atoms with van der Waals surface area (Å²) < 4.78 is 107. The van der Waals surface area contributed by atoms with Crippen LogP contribution in [-0.4, -0.2) is 532 Å². The quantitative estimate of drug-likeness (QED) is 0.0651. The smallest absolute Gasteiger partial charge is 0.335 e. The van der Waals surface area contributed by atoms with E-state index >= 15 is 0 Å². The largest absolute Gasteiger partial charge is 0.398 e. The fraction of sp³-hybridized carbons (Fsp3) is 1.00. The van der Waals surface area contributed by atoms with Gasteiger partial charge in [0.2, 0.25) is 0 Å². The number of aliphatic hydroxyl groups is 2. The highest BCUT2D eigenvalue weighted by Gasteiger charge is 2.42. The van der Waals surface area contributed by atoms with Gasteiger partial charge in [-0.15, -0.1) is 0 Å². The van der Waals surface area contributed by atoms with Crippen LogP contribution < -0.4 is 0 Å². The van der Waals surface area contributed by atoms with Crippen LogP contribution in [0.4, 0.5) is 0 Å². The Morgan fingerprint density at radius 2 is 0.619 bits per heavy atom. The van der Waals surface area contributed by atoms with Gasteiger partial charge in [-0.25, -0.2) is 0 Å². The Labute approximate surface area is 723 Å². The molecule has 700 valence electrons. The average molecular weight is 1790 g/mol. The van der Waals surface area contributed by atoms with Gasteiger partial charge in [0.05, 0.1) is 76.3 Å². The van der Waals surface area contributed by atoms with Gasteiger partial charge in [-0.1, -0.05) is 0 Å². The van der Waals surface area contributed by atoms with Crippen molar-refractivity contribution in [2.24, 2.45) is 0 Å². The summed E-state index contributed by atoms with van der Waals surface area (Å²) in [7, 11) is 14.0. The Bertz CT molecular complexity index is 2470. The Morgan fingerprint density at radius 1 is 0.347 bits per heavy atom. The molecule has 9 unspecified atom stereocenters. The lowest BCUT2D eigenvalue weighted by molar-refractivity contribution is -0.0351. The number of rotatable bonds is 48. The minimum absolute atomic E-state index is 0.00758. The second-order valence-electron chi connectivity index (χ2n) is 35.4. The molecule has 8 aliphatic heterocycles. The van der Waals surface area contributed by atoms with Gasteiger partial charge in [-0.05, 0) is 156 Å². The molecule has 0 radical (unpaired) electrons. The van der Waals surface area contributed by atoms with Crippen LogP contribution in [-0.2, 0) is 81.5 Å². The fourth-order valence-electron chi connectivity index (χ4n) is 15.6. The summed E-state index contributed by atoms with van der Waals surface area (Å²) in [6.45, 7) is 51.1. The van der Waals surface area contributed by atoms with Crippen molar-refractivity contribution in [3.05, 3.63) is 0 Å². The summed E-state index contributed by atoms with van der Waals surface area (Å²) in [5.41, 5.74) is 0. The van der Waals surface area contributed by atoms with Crippen molar-refractivity contribution in [2.45, 2.75) is 151 Å². The van der Waals surface area contributed by atoms with Gasteiger partial charge < -0.3 is 121 Å². The molecule has 0 aromatic carbocycles. The summed E-state index contributed by atoms with van der Waals surface area (Å²) in [5.74, 6) is 0. The molecule has 0 bridgehead atoms. The van der Waals surface area contributed by atoms with E-state index in [2.05, 4.69) is 140 Å². The van der Waals surface area contributed by atoms with E-state index in [-0.39, 0.29) is 24.4 Å². The van der Waals surface area contributed by atoms with Crippen LogP contribution in [0.2, 0.25) is 75.5 Å². The Balaban J connectivity index is 0.000000294. The number of piperazine rings is 6. The molecule has 8 fully saturated rings. The fourth-order valence-corrected chi connectivity index (χ4v) is 26.6. The lowest BCUT2D eigenvalue weighted by Gasteiger charge is -2.41. The zero-order valence-electron chi connectivity index (χ0n) is 78.3. The number of hydrogen-bond acceptors (Lipinski definition) is 32. The molecule has 0 aliphatic carbocycles. The van der Waals surface area contributed by atoms with Crippen LogP contribution in [0.3, 0.4) is 0 Å². The molecule has 2 N–H and O–H groups in total. The number of β-amino-alcohol motifs (C(OH)–C–C–N with tert-alkyl or cyclic N) is 2. The molecule has 118 heavy (non-hydrogen) atoms. The van der Waals surface area contributed by atoms with Gasteiger partial charge in [-0.2, -0.15) is 0 Å². The normalized spacial score (nSPS) is 26.0. The molecule has 0 spiro atoms. The van der Waals surface area contributed by atoms with Crippen LogP contribution in [0.1, 0.15) is 38.5 Å². The van der Waals surface area contributed by atoms with Crippen LogP contribution in [0.15, 0.2) is 0 Å². The number of nitrogens with zero attached hydrogens (tertiary/aromatic N) is 12. The van der Waals surface area contributed by atoms with Crippen molar-refractivity contribution < 1.29 is 91.7 Å². The van der Waals surface area contributed by atoms with E-state index in [1.54, 1.807) is 56.9 Å². The molecule has 8 heterocycles. The first kappa shape index (κ1) is 109. The summed E-state index contributed by atoms with van der Waals surface area (Å²) in [6.07, 6.45) is 4.97. The standard InChI is InChI=1S/C27H60N4O7Si2.C26H56N4O6Si2.C14H32N2O4Si.C13H28N2O3Si/c1-28-10-14-30(15-11-28)22-26(32)24-36-18-9-21-40(7,35-5)38-27(23-31-16-12-29(2)13-17-31)25-37-19-8-20-39(6,33-3)34-4;1-27-9-13-29(14-10-27)21-25(23-33-17-7-19-37(5,31-3)32-4)35-38(6)20-8-18-34-24-26(36-38)22-30-15-11-28(2)12-16-30;1-15-6-8-16(9-7-15)12-14(17)13-20-10-5-11-21(4,18-2)19-3;1-14-5-7-15(8-6-14)11-13-12-17-9-4-10-19(3,16-2)18-13/h26-27,32H,8-25H2,1-7H3;25-26H,7-24H2,1-6H3;14,17H,5-13H2,1-4H3;13H,4-12H2,1-3H3. The van der Waals surface area contributed by atoms with E-state index in [4.69, 9.17) is 81.5 Å². The van der Waals surface area contributed by atoms with Gasteiger partial charge in [0.1, 0.15) is 0 Å². The van der Waals surface area contributed by atoms with Crippen molar-refractivity contribution in [1.82, 2.24) is 58.8 Å². The molecule has 0 saturated carbocycles. The van der Waals surface area contributed by atoms with Crippen LogP contribution in [0, 0.1) is 0 Å². The average Bonchev–Trinajstić information content (AvgIpc) is 0.836. The molecule has 0 amide bonds. The minimum Gasteiger partial charge on any atom is -0.398 e. The first-order valence-corrected chi connectivity index (χ1v) is 60.0. The second-order valence-corrected chi connectivity index (χ2v) is 56.2. The number of hydrogen-bond donors (Lipinski definition) is 2. The molecule has 0 aromatic rings. The van der Waals surface area contributed by atoms with Gasteiger partial charge in [0.15, 0.2) is 0 Å². The zero-order chi connectivity index (χ0) is 86.3. The molecular weight excluding hydrogens is 1620 g/mol. The first-order chi connectivity index (χ1) is 56.4. The Hall–Kier alpha value is 0.0213. The molecule has 8 aliphatic rings. The molecular formula is C80H176N12O20Si6. The first-order valence-electron chi connectivity index (χ1n) is 44.8. The van der Waals surface area contributed by atoms with Crippen molar-refractivity contribution in [1.29, 1.82) is 0 Å². The third kappa shape index (κ3) is 46.3. The lowest BCUT2D eigenvalue weighted by atomic mass is 10.3. The molecule has 8 saturated heterocycles. The van der Waals surface area contributed by atoms with Crippen molar-refractivity contribution in [3.8, 4) is 0 Å². The van der Waals surface area contributed by atoms with Crippen LogP contribution in [0.5, 0.6) is 0 Å². The van der Waals surface area contributed by atoms with E-state index in [0.29, 0.717) is 79.2 Å². The van der Waals surface area contributed by atoms with E-state index in [9.17, 15) is 10.2 Å². The topological polar surface area (TPSA) is 245 Å². The maximum Gasteiger partial charge on any atom is 0.335 e. The Kier molecular flexibility index (Phi) is 55.2. The second kappa shape index (κ2) is 60.0. The van der Waals surface area contributed by atoms with Gasteiger partial charge in [0, 0.05) is 293 Å². The van der Waals surface area contributed by atoms with Gasteiger partial charge in [0.25, 0.3) is 0 Å². The summed E-state index contributed by atoms with van der Waals surface area (Å²) >= 11 is 0. The predicted octanol–water partition coefficient (Wildman–Crippen LogP) is 3.76. The van der Waals surface area contributed by atoms with E-state index in [1.165, 1.54) is 0 Å². The Morgan fingerprint density at radius 3 is 0.941 bits per heavy atom. The van der Waals surface area contributed by atoms with E-state index in [0.717, 1.165) is 271 Å². The highest BCUT2D eigenvalue weighted by atomic mass is 28.4. The molecule has 0 aromatic heterocycles. The predicted molar refractivity (Wildman–Crippen MR) is 482 cm³/mol. The van der Waals surface area contributed by atoms with E-state index < -0.39 is 63.6 Å². The minimum atomic E-state index is -2.42. The van der Waals surface area contributed by atoms with Gasteiger partial charge in [-0.3, -0.25) is 29.4 Å². The third-order valence-electron chi connectivity index (χ3n) is 24.8. The van der Waals surface area contributed by atoms with Crippen LogP contribution >= 0.6 is 0 Å². The third-order valence-corrected chi connectivity index (χ3v) is 42.6. The van der Waals surface area contributed by atoms with Crippen molar-refractivity contribution in [3.63, 3.8) is 0 Å². The summed E-state index contributed by atoms with van der Waals surface area (Å²) in [5, 5.41) is 20.4. The summed E-state index contributed by atoms with van der Waals surface area (Å²) in [4.78, 5) is 28.8. The SMILES string of the molecule is CO[Si](C)(CCCOCC(CN1CCN(C)CC1)O[Si](C)(CCCOCC(O)CN1CCN(C)CC1)OC)OC.CO[Si](C)(CCCOCC(CN1CCN(C)CC1)O[Si]1(C)CCCOCC(CN2CCN(C)CC2)O1)OC.CO[Si](C)(CCCOCC(O)CN1CCN(C)CC1)OC.CO[Si]1(C)CCCOCC(CN2CCN(C)CC2)O1. The zero-order valence-corrected chi connectivity index (χ0v) is 84.3. The highest BCUT2D eigenvalue weighted by molar-refractivity contribution is 6.67. The number of aliphatic hydroxyl groups excluding tert-OH is 2. The molecule has 32 nitrogen and oxygen atoms in total. The molecule has 8 rings (SSSR count). The van der Waals surface area contributed by atoms with Crippen molar-refractivity contribution in [2.75, 3.05) is 375 Å². The van der Waals surface area contributed by atoms with Gasteiger partial charge >= 0.3 is 51.4 Å². The lowest BCUT2D eigenvalue weighted by Crippen LogP contribution is -2.55. The molecule has 9 atom stereocenters. The number of likely N-dealkylation sites (N-methyl/N-ethyl adjacent to an activating group) is 6. The van der Waals surface area contributed by atoms with E-state index in [1.807, 2.05) is 0 Å². The van der Waals surface area contributed by atoms with Crippen LogP contribution in [0.25, 0.3) is 0 Å². The number of ether oxygens (including phenoxy) is 6. The highest BCUT2D eigenvalue weighted by Crippen LogP contribution is 2.27. The summed E-state index contributed by atoms with van der Waals surface area (Å²) in [6, 6.07) is 5.56. The molecule has 38 heteroatoms. The maximum absolute atomic E-state index is 10.4.